The van der Waals surface area contributed by atoms with E-state index < -0.39 is 64.6 Å². The molecule has 2 unspecified atom stereocenters. The van der Waals surface area contributed by atoms with E-state index in [0.717, 1.165) is 22.8 Å². The molecule has 2 N–H and O–H groups in total. The van der Waals surface area contributed by atoms with Crippen LogP contribution >= 0.6 is 11.8 Å². The van der Waals surface area contributed by atoms with Crippen LogP contribution in [0.3, 0.4) is 0 Å². The van der Waals surface area contributed by atoms with E-state index in [1.54, 1.807) is 75.5 Å². The van der Waals surface area contributed by atoms with Crippen molar-refractivity contribution in [3.63, 3.8) is 0 Å². The maximum atomic E-state index is 14.7. The van der Waals surface area contributed by atoms with E-state index in [2.05, 4.69) is 10.6 Å². The SMILES string of the molecule is CC(C)(C)OC(=O)NC1C(=O)N2C(C(=O)OC(c3ccccc3)c3ccccc3)=C(C=C3CCN(Cc4ccc[n+](CC(=O)Nc5ccc(OC(=O)OC(C)(C)C)c(F)c5)c4)C3=O)CSC12.[Br-]. The Balaban J connectivity index is 0.00000741. The van der Waals surface area contributed by atoms with Gasteiger partial charge in [0.15, 0.2) is 30.1 Å². The number of likely N-dealkylation sites (tertiary alicyclic amines) is 1. The van der Waals surface area contributed by atoms with Crippen LogP contribution < -0.4 is 36.9 Å². The van der Waals surface area contributed by atoms with E-state index in [0.29, 0.717) is 24.1 Å². The van der Waals surface area contributed by atoms with Crippen LogP contribution in [-0.2, 0) is 46.5 Å². The number of β-lactam (4-membered cyclic amide) rings is 1. The van der Waals surface area contributed by atoms with Crippen LogP contribution in [0.5, 0.6) is 5.75 Å². The Bertz CT molecular complexity index is 2560. The van der Waals surface area contributed by atoms with E-state index >= 15 is 0 Å². The number of amides is 4. The molecule has 0 spiro atoms. The Hall–Kier alpha value is -6.53. The second-order valence-corrected chi connectivity index (χ2v) is 18.9. The summed E-state index contributed by atoms with van der Waals surface area (Å²) in [6, 6.07) is 24.7. The summed E-state index contributed by atoms with van der Waals surface area (Å²) in [7, 11) is 0. The number of anilines is 1. The summed E-state index contributed by atoms with van der Waals surface area (Å²) in [6.45, 7) is 10.6. The van der Waals surface area contributed by atoms with Gasteiger partial charge in [-0.15, -0.1) is 11.8 Å². The van der Waals surface area contributed by atoms with Gasteiger partial charge in [-0.1, -0.05) is 60.7 Å². The molecule has 67 heavy (non-hydrogen) atoms. The fourth-order valence-corrected chi connectivity index (χ4v) is 8.77. The molecule has 0 bridgehead atoms. The van der Waals surface area contributed by atoms with Gasteiger partial charge in [0.25, 0.3) is 11.8 Å². The lowest BCUT2D eigenvalue weighted by Crippen LogP contribution is -3.00. The zero-order valence-corrected chi connectivity index (χ0v) is 40.2. The summed E-state index contributed by atoms with van der Waals surface area (Å²) in [5, 5.41) is 4.66. The number of hydrogen-bond acceptors (Lipinski definition) is 11. The maximum Gasteiger partial charge on any atom is 0.514 e. The van der Waals surface area contributed by atoms with Crippen LogP contribution in [0.1, 0.15) is 70.8 Å². The smallest absolute Gasteiger partial charge is 0.514 e. The molecule has 2 fully saturated rings. The summed E-state index contributed by atoms with van der Waals surface area (Å²) in [5.41, 5.74) is 1.57. The number of carbonyl (C=O) groups is 6. The topological polar surface area (TPSA) is 174 Å². The highest BCUT2D eigenvalue weighted by atomic mass is 79.9. The second kappa shape index (κ2) is 21.0. The number of esters is 1. The Labute approximate surface area is 402 Å². The molecule has 0 radical (unpaired) electrons. The molecule has 4 amide bonds. The maximum absolute atomic E-state index is 14.7. The highest BCUT2D eigenvalue weighted by Crippen LogP contribution is 2.43. The minimum atomic E-state index is -1.06. The molecule has 2 atom stereocenters. The number of thioether (sulfide) groups is 1. The summed E-state index contributed by atoms with van der Waals surface area (Å²) in [4.78, 5) is 83.1. The van der Waals surface area contributed by atoms with Crippen LogP contribution in [0.2, 0.25) is 0 Å². The Morgan fingerprint density at radius 2 is 1.55 bits per heavy atom. The molecular formula is C49H51BrFN5O10S. The van der Waals surface area contributed by atoms with Crippen LogP contribution in [0.15, 0.2) is 126 Å². The van der Waals surface area contributed by atoms with Crippen molar-refractivity contribution in [2.75, 3.05) is 17.6 Å². The summed E-state index contributed by atoms with van der Waals surface area (Å²) >= 11 is 1.35. The van der Waals surface area contributed by atoms with Crippen molar-refractivity contribution in [3.8, 4) is 5.75 Å². The minimum absolute atomic E-state index is 0. The molecule has 2 saturated heterocycles. The first-order valence-corrected chi connectivity index (χ1v) is 22.3. The number of benzene rings is 3. The number of pyridine rings is 1. The molecule has 0 aliphatic carbocycles. The molecule has 4 heterocycles. The Morgan fingerprint density at radius 1 is 0.896 bits per heavy atom. The van der Waals surface area contributed by atoms with Crippen LogP contribution in [0, 0.1) is 5.82 Å². The summed E-state index contributed by atoms with van der Waals surface area (Å²) in [5.74, 6) is -2.98. The van der Waals surface area contributed by atoms with E-state index in [1.807, 2.05) is 66.7 Å². The molecular weight excluding hydrogens is 950 g/mol. The van der Waals surface area contributed by atoms with Gasteiger partial charge in [0.2, 0.25) is 12.5 Å². The quantitative estimate of drug-likeness (QED) is 0.0523. The molecule has 1 aromatic heterocycles. The normalized spacial score (nSPS) is 17.6. The first kappa shape index (κ1) is 49.9. The van der Waals surface area contributed by atoms with Gasteiger partial charge >= 0.3 is 18.2 Å². The van der Waals surface area contributed by atoms with Crippen molar-refractivity contribution >= 4 is 53.4 Å². The number of nitrogens with one attached hydrogen (secondary N) is 2. The van der Waals surface area contributed by atoms with E-state index in [9.17, 15) is 33.2 Å². The second-order valence-electron chi connectivity index (χ2n) is 17.8. The zero-order chi connectivity index (χ0) is 47.3. The van der Waals surface area contributed by atoms with Crippen LogP contribution in [-0.4, -0.2) is 80.7 Å². The number of hydrogen-bond donors (Lipinski definition) is 2. The molecule has 3 aliphatic rings. The minimum Gasteiger partial charge on any atom is -1.00 e. The largest absolute Gasteiger partial charge is 1.00 e. The Morgan fingerprint density at radius 3 is 2.18 bits per heavy atom. The first-order chi connectivity index (χ1) is 31.3. The van der Waals surface area contributed by atoms with Crippen molar-refractivity contribution in [2.24, 2.45) is 0 Å². The monoisotopic (exact) mass is 999 g/mol. The number of nitrogens with zero attached hydrogens (tertiary/aromatic N) is 3. The standard InChI is InChI=1S/C49H50FN5O10S.BrH/c1-48(2,3)64-46(60)52-39-43(58)55-40(45(59)63-41(31-15-9-7-10-16-31)32-17-11-8-12-18-32)34(29-66-44(39)55)24-33-21-23-54(42(33)57)27-30-14-13-22-53(26-30)28-38(56)51-35-19-20-37(36(50)25-35)62-47(61)65-49(4,5)6;/h7-20,22,24-26,39,41,44H,21,23,27-29H2,1-6H3,(H-,51,52,56,60);1H. The number of rotatable bonds is 12. The predicted octanol–water partition coefficient (Wildman–Crippen LogP) is 4.12. The molecule has 3 aliphatic heterocycles. The van der Waals surface area contributed by atoms with Gasteiger partial charge in [-0.25, -0.2) is 18.8 Å². The predicted molar refractivity (Wildman–Crippen MR) is 241 cm³/mol. The van der Waals surface area contributed by atoms with Gasteiger partial charge in [0.1, 0.15) is 28.3 Å². The van der Waals surface area contributed by atoms with Gasteiger partial charge in [-0.2, -0.15) is 4.57 Å². The third kappa shape index (κ3) is 12.7. The zero-order valence-electron chi connectivity index (χ0n) is 37.7. The first-order valence-electron chi connectivity index (χ1n) is 21.3. The summed E-state index contributed by atoms with van der Waals surface area (Å²) < 4.78 is 38.1. The van der Waals surface area contributed by atoms with E-state index in [1.165, 1.54) is 28.8 Å². The lowest BCUT2D eigenvalue weighted by molar-refractivity contribution is -0.684. The number of carbonyl (C=O) groups excluding carboxylic acids is 6. The average Bonchev–Trinajstić information content (AvgIpc) is 3.59. The number of allylic oxidation sites excluding steroid dienone is 1. The molecule has 3 aromatic carbocycles. The fourth-order valence-electron chi connectivity index (χ4n) is 7.46. The van der Waals surface area contributed by atoms with Gasteiger partial charge in [0.05, 0.1) is 6.54 Å². The van der Waals surface area contributed by atoms with Crippen molar-refractivity contribution in [1.29, 1.82) is 0 Å². The number of alkyl carbamates (subject to hydrolysis) is 1. The fraction of sp³-hybridized carbons (Fsp3) is 0.327. The van der Waals surface area contributed by atoms with Crippen LogP contribution in [0.25, 0.3) is 0 Å². The average molecular weight is 1000 g/mol. The Kier molecular flexibility index (Phi) is 15.6. The highest BCUT2D eigenvalue weighted by molar-refractivity contribution is 8.00. The lowest BCUT2D eigenvalue weighted by Gasteiger charge is -2.49. The third-order valence-electron chi connectivity index (χ3n) is 10.3. The van der Waals surface area contributed by atoms with Crippen LogP contribution in [0.4, 0.5) is 19.7 Å². The van der Waals surface area contributed by atoms with Crippen molar-refractivity contribution < 1.29 is 73.7 Å². The lowest BCUT2D eigenvalue weighted by atomic mass is 10.00. The van der Waals surface area contributed by atoms with Gasteiger partial charge in [-0.3, -0.25) is 19.3 Å². The summed E-state index contributed by atoms with van der Waals surface area (Å²) in [6.07, 6.45) is 2.81. The van der Waals surface area contributed by atoms with E-state index in [-0.39, 0.29) is 58.9 Å². The molecule has 7 rings (SSSR count). The van der Waals surface area contributed by atoms with Gasteiger partial charge < -0.3 is 51.5 Å². The number of aromatic nitrogens is 1. The third-order valence-corrected chi connectivity index (χ3v) is 11.6. The molecule has 15 nitrogen and oxygen atoms in total. The number of fused-ring (bicyclic) bond motifs is 1. The molecule has 0 saturated carbocycles. The van der Waals surface area contributed by atoms with E-state index in [4.69, 9.17) is 18.9 Å². The van der Waals surface area contributed by atoms with Gasteiger partial charge in [-0.05, 0) is 88.9 Å². The van der Waals surface area contributed by atoms with Gasteiger partial charge in [0, 0.05) is 41.3 Å². The van der Waals surface area contributed by atoms with Crippen molar-refractivity contribution in [2.45, 2.75) is 89.8 Å². The molecule has 352 valence electrons. The molecule has 4 aromatic rings. The van der Waals surface area contributed by atoms with Crippen molar-refractivity contribution in [1.82, 2.24) is 15.1 Å². The highest BCUT2D eigenvalue weighted by Gasteiger charge is 2.55. The number of halogens is 2. The number of ether oxygens (including phenoxy) is 4. The molecule has 18 heteroatoms. The van der Waals surface area contributed by atoms with Crippen molar-refractivity contribution in [3.05, 3.63) is 149 Å².